The zero-order valence-corrected chi connectivity index (χ0v) is 19.3. The Hall–Kier alpha value is -3.25. The number of nitrogen functional groups attached to an aromatic ring is 1. The summed E-state index contributed by atoms with van der Waals surface area (Å²) in [4.78, 5) is 14.7. The first-order chi connectivity index (χ1) is 16.8. The van der Waals surface area contributed by atoms with Crippen LogP contribution in [0.5, 0.6) is 6.01 Å². The van der Waals surface area contributed by atoms with Crippen molar-refractivity contribution in [1.29, 1.82) is 0 Å². The van der Waals surface area contributed by atoms with Crippen LogP contribution in [-0.4, -0.2) is 47.2 Å². The van der Waals surface area contributed by atoms with Crippen LogP contribution in [0.4, 0.5) is 28.5 Å². The zero-order valence-electron chi connectivity index (χ0n) is 18.5. The van der Waals surface area contributed by atoms with Gasteiger partial charge in [0.05, 0.1) is 17.3 Å². The molecule has 2 saturated heterocycles. The van der Waals surface area contributed by atoms with E-state index >= 15 is 4.39 Å². The number of nitrogens with zero attached hydrogens (tertiary/aromatic N) is 4. The van der Waals surface area contributed by atoms with E-state index in [4.69, 9.17) is 10.5 Å². The molecule has 0 amide bonds. The molecule has 0 radical (unpaired) electrons. The molecule has 12 heteroatoms. The number of benzene rings is 2. The molecule has 2 atom stereocenters. The van der Waals surface area contributed by atoms with E-state index < -0.39 is 29.2 Å². The molecule has 4 aromatic rings. The van der Waals surface area contributed by atoms with Gasteiger partial charge in [-0.25, -0.2) is 22.5 Å². The first-order valence-corrected chi connectivity index (χ1v) is 11.9. The van der Waals surface area contributed by atoms with Crippen LogP contribution in [0.3, 0.4) is 0 Å². The number of nitrogens with one attached hydrogen (secondary N) is 1. The van der Waals surface area contributed by atoms with E-state index in [1.807, 2.05) is 4.90 Å². The smallest absolute Gasteiger partial charge is 0.318 e. The zero-order chi connectivity index (χ0) is 24.4. The highest BCUT2D eigenvalue weighted by atomic mass is 32.1. The van der Waals surface area contributed by atoms with Crippen molar-refractivity contribution in [2.45, 2.75) is 31.4 Å². The quantitative estimate of drug-likeness (QED) is 0.391. The summed E-state index contributed by atoms with van der Waals surface area (Å²) in [6.45, 7) is 1.21. The lowest BCUT2D eigenvalue weighted by Gasteiger charge is -2.34. The minimum Gasteiger partial charge on any atom is -0.467 e. The van der Waals surface area contributed by atoms with Crippen LogP contribution in [0.15, 0.2) is 18.2 Å². The Morgan fingerprint density at radius 3 is 2.54 bits per heavy atom. The molecule has 3 N–H and O–H groups in total. The minimum absolute atomic E-state index is 0.0170. The van der Waals surface area contributed by atoms with Gasteiger partial charge in [-0.1, -0.05) is 11.3 Å². The topological polar surface area (TPSA) is 89.2 Å². The molecule has 0 saturated carbocycles. The van der Waals surface area contributed by atoms with E-state index in [9.17, 15) is 13.2 Å². The average molecular weight is 505 g/mol. The van der Waals surface area contributed by atoms with Gasteiger partial charge in [0.15, 0.2) is 10.9 Å². The summed E-state index contributed by atoms with van der Waals surface area (Å²) in [5.41, 5.74) is 4.69. The summed E-state index contributed by atoms with van der Waals surface area (Å²) in [5.74, 6) is -1.24. The predicted octanol–water partition coefficient (Wildman–Crippen LogP) is 4.65. The van der Waals surface area contributed by atoms with Crippen molar-refractivity contribution in [3.05, 3.63) is 35.4 Å². The number of piperazine rings is 1. The van der Waals surface area contributed by atoms with E-state index in [-0.39, 0.29) is 49.9 Å². The first kappa shape index (κ1) is 22.2. The first-order valence-electron chi connectivity index (χ1n) is 11.1. The van der Waals surface area contributed by atoms with Crippen LogP contribution in [0.25, 0.3) is 32.2 Å². The van der Waals surface area contributed by atoms with Crippen molar-refractivity contribution in [2.75, 3.05) is 30.8 Å². The van der Waals surface area contributed by atoms with Crippen molar-refractivity contribution in [2.24, 2.45) is 0 Å². The van der Waals surface area contributed by atoms with Crippen LogP contribution in [0, 0.1) is 11.6 Å². The molecule has 2 aliphatic rings. The number of aromatic nitrogens is 3. The number of nitrogens with two attached hydrogens (primary N) is 1. The van der Waals surface area contributed by atoms with E-state index in [1.54, 1.807) is 0 Å². The van der Waals surface area contributed by atoms with Crippen molar-refractivity contribution >= 4 is 43.4 Å². The van der Waals surface area contributed by atoms with Crippen molar-refractivity contribution in [3.63, 3.8) is 0 Å². The van der Waals surface area contributed by atoms with Crippen LogP contribution in [-0.2, 0) is 0 Å². The summed E-state index contributed by atoms with van der Waals surface area (Å²) in [7, 11) is 1.36. The lowest BCUT2D eigenvalue weighted by atomic mass is 9.95. The number of thiazole rings is 1. The third-order valence-electron chi connectivity index (χ3n) is 6.64. The number of methoxy groups -OCH3 is 1. The van der Waals surface area contributed by atoms with Gasteiger partial charge >= 0.3 is 6.01 Å². The second-order valence-corrected chi connectivity index (χ2v) is 9.78. The van der Waals surface area contributed by atoms with Gasteiger partial charge in [-0.2, -0.15) is 9.97 Å². The van der Waals surface area contributed by atoms with Gasteiger partial charge in [-0.15, -0.1) is 0 Å². The van der Waals surface area contributed by atoms with E-state index in [1.165, 1.54) is 19.2 Å². The number of anilines is 2. The highest BCUT2D eigenvalue weighted by Gasteiger charge is 2.35. The highest BCUT2D eigenvalue weighted by molar-refractivity contribution is 7.22. The van der Waals surface area contributed by atoms with E-state index in [0.29, 0.717) is 18.9 Å². The molecule has 7 nitrogen and oxygen atoms in total. The Labute approximate surface area is 200 Å². The fraction of sp³-hybridized carbons (Fsp3) is 0.348. The largest absolute Gasteiger partial charge is 0.467 e. The molecule has 2 aromatic heterocycles. The molecule has 2 unspecified atom stereocenters. The van der Waals surface area contributed by atoms with Gasteiger partial charge in [-0.05, 0) is 31.0 Å². The molecule has 2 fully saturated rings. The standard InChI is InChI=1S/C23H20F4N6OS/c1-34-23-31-17-13(21(32-23)33-7-9-2-3-10(8-33)29-9)6-12(20(26)27)15(16(17)25)11-4-5-14(24)19-18(11)30-22(28)35-19/h4-6,9-10,20,29H,2-3,7-8H2,1H3,(H2,28,30). The molecule has 182 valence electrons. The lowest BCUT2D eigenvalue weighted by Crippen LogP contribution is -2.51. The van der Waals surface area contributed by atoms with Crippen LogP contribution in [0.1, 0.15) is 24.8 Å². The molecular weight excluding hydrogens is 484 g/mol. The number of ether oxygens (including phenoxy) is 1. The van der Waals surface area contributed by atoms with Crippen molar-refractivity contribution < 1.29 is 22.3 Å². The van der Waals surface area contributed by atoms with Crippen molar-refractivity contribution in [3.8, 4) is 17.1 Å². The minimum atomic E-state index is -3.02. The van der Waals surface area contributed by atoms with Gasteiger partial charge in [0, 0.05) is 47.2 Å². The van der Waals surface area contributed by atoms with Gasteiger partial charge in [0.1, 0.15) is 17.2 Å². The van der Waals surface area contributed by atoms with E-state index in [2.05, 4.69) is 20.3 Å². The summed E-state index contributed by atoms with van der Waals surface area (Å²) in [6, 6.07) is 3.96. The fourth-order valence-electron chi connectivity index (χ4n) is 5.15. The van der Waals surface area contributed by atoms with Crippen LogP contribution in [0.2, 0.25) is 0 Å². The number of rotatable bonds is 4. The number of halogens is 4. The number of alkyl halides is 2. The summed E-state index contributed by atoms with van der Waals surface area (Å²) >= 11 is 0.868. The number of hydrogen-bond acceptors (Lipinski definition) is 8. The van der Waals surface area contributed by atoms with Crippen molar-refractivity contribution in [1.82, 2.24) is 20.3 Å². The van der Waals surface area contributed by atoms with Crippen LogP contribution < -0.4 is 20.7 Å². The summed E-state index contributed by atoms with van der Waals surface area (Å²) in [6.07, 6.45) is -1.02. The Morgan fingerprint density at radius 1 is 1.11 bits per heavy atom. The molecule has 2 aromatic carbocycles. The second-order valence-electron chi connectivity index (χ2n) is 8.75. The van der Waals surface area contributed by atoms with Gasteiger partial charge in [0.25, 0.3) is 6.43 Å². The van der Waals surface area contributed by atoms with Gasteiger partial charge < -0.3 is 20.7 Å². The lowest BCUT2D eigenvalue weighted by molar-refractivity contribution is 0.152. The normalized spacial score (nSPS) is 19.9. The Kier molecular flexibility index (Phi) is 5.18. The maximum atomic E-state index is 16.2. The Morgan fingerprint density at radius 2 is 1.86 bits per heavy atom. The third-order valence-corrected chi connectivity index (χ3v) is 7.53. The Balaban J connectivity index is 1.64. The monoisotopic (exact) mass is 504 g/mol. The SMILES string of the molecule is COc1nc(N2CC3CCC(C2)N3)c2cc(C(F)F)c(-c3ccc(F)c4sc(N)nc34)c(F)c2n1. The molecule has 0 aliphatic carbocycles. The molecular formula is C23H20F4N6OS. The fourth-order valence-corrected chi connectivity index (χ4v) is 5.92. The maximum absolute atomic E-state index is 16.2. The van der Waals surface area contributed by atoms with Gasteiger partial charge in [-0.3, -0.25) is 0 Å². The molecule has 35 heavy (non-hydrogen) atoms. The number of fused-ring (bicyclic) bond motifs is 4. The molecule has 2 aliphatic heterocycles. The highest BCUT2D eigenvalue weighted by Crippen LogP contribution is 2.43. The summed E-state index contributed by atoms with van der Waals surface area (Å²) < 4.78 is 64.6. The summed E-state index contributed by atoms with van der Waals surface area (Å²) in [5, 5.41) is 3.72. The van der Waals surface area contributed by atoms with Gasteiger partial charge in [0.2, 0.25) is 0 Å². The molecule has 2 bridgehead atoms. The second kappa shape index (κ2) is 8.16. The molecule has 6 rings (SSSR count). The van der Waals surface area contributed by atoms with Crippen LogP contribution >= 0.6 is 11.3 Å². The average Bonchev–Trinajstić information content (AvgIpc) is 3.40. The van der Waals surface area contributed by atoms with E-state index in [0.717, 1.165) is 30.2 Å². The molecule has 4 heterocycles. The third kappa shape index (κ3) is 3.54. The molecule has 0 spiro atoms. The Bertz CT molecular complexity index is 1470. The maximum Gasteiger partial charge on any atom is 0.318 e. The number of hydrogen-bond donors (Lipinski definition) is 2. The predicted molar refractivity (Wildman–Crippen MR) is 126 cm³/mol.